The number of aromatic hydroxyl groups is 5. The van der Waals surface area contributed by atoms with Crippen molar-refractivity contribution >= 4 is 33.8 Å². The number of carbonyl (C=O) groups excluding carboxylic acids is 2. The number of benzene rings is 3. The number of phenolic OH excluding ortho intramolecular Hbond substituents is 4. The Morgan fingerprint density at radius 1 is 0.943 bits per heavy atom. The van der Waals surface area contributed by atoms with Crippen molar-refractivity contribution < 1.29 is 39.5 Å². The molecule has 4 rings (SSSR count). The van der Waals surface area contributed by atoms with E-state index < -0.39 is 34.3 Å². The molecule has 0 unspecified atom stereocenters. The van der Waals surface area contributed by atoms with Crippen LogP contribution < -0.4 is 5.43 Å². The molecule has 0 saturated heterocycles. The van der Waals surface area contributed by atoms with Gasteiger partial charge in [0.25, 0.3) is 0 Å². The van der Waals surface area contributed by atoms with E-state index in [1.165, 1.54) is 26.0 Å². The molecule has 0 aliphatic rings. The molecule has 9 heteroatoms. The van der Waals surface area contributed by atoms with E-state index in [0.29, 0.717) is 6.29 Å². The van der Waals surface area contributed by atoms with E-state index in [-0.39, 0.29) is 67.7 Å². The second-order valence-corrected chi connectivity index (χ2v) is 8.49. The van der Waals surface area contributed by atoms with Crippen molar-refractivity contribution in [1.82, 2.24) is 0 Å². The van der Waals surface area contributed by atoms with Gasteiger partial charge in [-0.1, -0.05) is 6.92 Å². The lowest BCUT2D eigenvalue weighted by atomic mass is 9.88. The van der Waals surface area contributed by atoms with Crippen molar-refractivity contribution in [1.29, 1.82) is 0 Å². The molecule has 0 spiro atoms. The van der Waals surface area contributed by atoms with Crippen molar-refractivity contribution in [2.24, 2.45) is 0 Å². The van der Waals surface area contributed by atoms with Crippen LogP contribution in [0.4, 0.5) is 0 Å². The minimum Gasteiger partial charge on any atom is -0.508 e. The number of phenols is 4. The Kier molecular flexibility index (Phi) is 5.64. The van der Waals surface area contributed by atoms with E-state index in [4.69, 9.17) is 4.42 Å². The molecule has 5 N–H and O–H groups in total. The van der Waals surface area contributed by atoms with Crippen LogP contribution in [-0.2, 0) is 11.2 Å². The van der Waals surface area contributed by atoms with Gasteiger partial charge in [0.05, 0.1) is 10.9 Å². The SMILES string of the molecule is CC(=O)[C@@H](C)c1cc(O)c(Cc2c3cc(=O)cc(O)c3c(O)c3c(O)cc(C)oc23)c(O)c1C=O. The Labute approximate surface area is 198 Å². The van der Waals surface area contributed by atoms with Crippen LogP contribution in [0.15, 0.2) is 33.5 Å². The predicted octanol–water partition coefficient (Wildman–Crippen LogP) is 3.88. The maximum Gasteiger partial charge on any atom is 0.182 e. The van der Waals surface area contributed by atoms with Crippen molar-refractivity contribution in [3.05, 3.63) is 62.5 Å². The monoisotopic (exact) mass is 478 g/mol. The summed E-state index contributed by atoms with van der Waals surface area (Å²) in [6, 6.07) is 4.51. The van der Waals surface area contributed by atoms with Crippen molar-refractivity contribution in [3.8, 4) is 28.7 Å². The van der Waals surface area contributed by atoms with Crippen LogP contribution in [-0.4, -0.2) is 37.6 Å². The number of Topliss-reactive ketones (excluding diaryl/α,β-unsaturated/α-hetero) is 1. The highest BCUT2D eigenvalue weighted by molar-refractivity contribution is 6.10. The fourth-order valence-corrected chi connectivity index (χ4v) is 4.36. The van der Waals surface area contributed by atoms with Crippen LogP contribution in [0.2, 0.25) is 0 Å². The second kappa shape index (κ2) is 8.35. The molecule has 4 aromatic rings. The number of aldehydes is 1. The summed E-state index contributed by atoms with van der Waals surface area (Å²) in [7, 11) is 0. The summed E-state index contributed by atoms with van der Waals surface area (Å²) >= 11 is 0. The first-order valence-electron chi connectivity index (χ1n) is 10.6. The van der Waals surface area contributed by atoms with E-state index in [1.807, 2.05) is 0 Å². The third kappa shape index (κ3) is 3.71. The number of fused-ring (bicyclic) bond motifs is 2. The summed E-state index contributed by atoms with van der Waals surface area (Å²) in [6.45, 7) is 4.40. The normalized spacial score (nSPS) is 12.2. The predicted molar refractivity (Wildman–Crippen MR) is 127 cm³/mol. The quantitative estimate of drug-likeness (QED) is 0.211. The fraction of sp³-hybridized carbons (Fsp3) is 0.192. The Morgan fingerprint density at radius 2 is 1.60 bits per heavy atom. The highest BCUT2D eigenvalue weighted by atomic mass is 16.3. The number of aryl methyl sites for hydroxylation is 1. The van der Waals surface area contributed by atoms with Crippen LogP contribution in [0.5, 0.6) is 28.7 Å². The molecule has 0 fully saturated rings. The highest BCUT2D eigenvalue weighted by Gasteiger charge is 2.26. The Hall–Kier alpha value is -4.53. The molecule has 1 atom stereocenters. The molecule has 0 radical (unpaired) electrons. The zero-order valence-electron chi connectivity index (χ0n) is 19.0. The molecule has 0 saturated carbocycles. The summed E-state index contributed by atoms with van der Waals surface area (Å²) in [5.74, 6) is -3.22. The topological polar surface area (TPSA) is 165 Å². The summed E-state index contributed by atoms with van der Waals surface area (Å²) in [5.41, 5.74) is -0.647. The smallest absolute Gasteiger partial charge is 0.182 e. The van der Waals surface area contributed by atoms with E-state index in [9.17, 15) is 39.9 Å². The molecule has 0 aliphatic carbocycles. The molecule has 180 valence electrons. The van der Waals surface area contributed by atoms with Gasteiger partial charge in [-0.25, -0.2) is 0 Å². The zero-order valence-corrected chi connectivity index (χ0v) is 19.0. The lowest BCUT2D eigenvalue weighted by Crippen LogP contribution is -2.09. The van der Waals surface area contributed by atoms with E-state index in [1.54, 1.807) is 6.92 Å². The summed E-state index contributed by atoms with van der Waals surface area (Å²) in [6.07, 6.45) is 0.0534. The maximum absolute atomic E-state index is 12.2. The number of ketones is 1. The fourth-order valence-electron chi connectivity index (χ4n) is 4.36. The molecule has 1 heterocycles. The first-order chi connectivity index (χ1) is 16.5. The summed E-state index contributed by atoms with van der Waals surface area (Å²) in [4.78, 5) is 35.9. The van der Waals surface area contributed by atoms with Gasteiger partial charge >= 0.3 is 0 Å². The molecule has 0 aliphatic heterocycles. The third-order valence-electron chi connectivity index (χ3n) is 6.25. The molecule has 35 heavy (non-hydrogen) atoms. The number of carbonyl (C=O) groups is 2. The molecule has 3 aromatic carbocycles. The highest BCUT2D eigenvalue weighted by Crippen LogP contribution is 2.47. The largest absolute Gasteiger partial charge is 0.508 e. The van der Waals surface area contributed by atoms with Gasteiger partial charge in [-0.05, 0) is 31.5 Å². The number of hydrogen-bond donors (Lipinski definition) is 5. The van der Waals surface area contributed by atoms with E-state index in [0.717, 1.165) is 12.1 Å². The standard InChI is InChI=1S/C26H22O9/c1-10-4-20(31)23-25(34)22-15(5-13(29)6-21(22)32)16(26(23)35-10)7-17-19(30)8-14(11(2)12(3)28)18(9-27)24(17)33/h4-6,8-9,11,30-34H,7H2,1-3H3/t11-/m1/s1. The average molecular weight is 478 g/mol. The number of rotatable bonds is 5. The number of hydrogen-bond acceptors (Lipinski definition) is 9. The minimum atomic E-state index is -0.772. The Morgan fingerprint density at radius 3 is 2.23 bits per heavy atom. The second-order valence-electron chi connectivity index (χ2n) is 8.49. The average Bonchev–Trinajstić information content (AvgIpc) is 2.76. The van der Waals surface area contributed by atoms with Crippen LogP contribution in [0, 0.1) is 6.92 Å². The van der Waals surface area contributed by atoms with Crippen LogP contribution in [0.1, 0.15) is 52.6 Å². The molecular weight excluding hydrogens is 456 g/mol. The molecule has 1 aromatic heterocycles. The molecule has 0 bridgehead atoms. The van der Waals surface area contributed by atoms with Gasteiger partial charge in [-0.15, -0.1) is 0 Å². The lowest BCUT2D eigenvalue weighted by molar-refractivity contribution is -0.118. The molecule has 9 nitrogen and oxygen atoms in total. The van der Waals surface area contributed by atoms with E-state index >= 15 is 0 Å². The first-order valence-corrected chi connectivity index (χ1v) is 10.6. The van der Waals surface area contributed by atoms with Crippen molar-refractivity contribution in [3.63, 3.8) is 0 Å². The van der Waals surface area contributed by atoms with Crippen LogP contribution >= 0.6 is 0 Å². The molecule has 0 amide bonds. The van der Waals surface area contributed by atoms with Gasteiger partial charge in [0.1, 0.15) is 51.3 Å². The van der Waals surface area contributed by atoms with Crippen LogP contribution in [0.3, 0.4) is 0 Å². The van der Waals surface area contributed by atoms with Crippen molar-refractivity contribution in [2.75, 3.05) is 0 Å². The van der Waals surface area contributed by atoms with Gasteiger partial charge in [-0.3, -0.25) is 14.4 Å². The summed E-state index contributed by atoms with van der Waals surface area (Å²) in [5, 5.41) is 53.2. The lowest BCUT2D eigenvalue weighted by Gasteiger charge is -2.19. The van der Waals surface area contributed by atoms with Gasteiger partial charge in [0, 0.05) is 41.0 Å². The first kappa shape index (κ1) is 23.6. The molecular formula is C26H22O9. The van der Waals surface area contributed by atoms with Gasteiger partial charge in [0.15, 0.2) is 11.7 Å². The Balaban J connectivity index is 2.12. The van der Waals surface area contributed by atoms with Gasteiger partial charge < -0.3 is 29.9 Å². The van der Waals surface area contributed by atoms with Crippen molar-refractivity contribution in [2.45, 2.75) is 33.1 Å². The van der Waals surface area contributed by atoms with Gasteiger partial charge in [0.2, 0.25) is 0 Å². The van der Waals surface area contributed by atoms with E-state index in [2.05, 4.69) is 0 Å². The minimum absolute atomic E-state index is 0.0508. The zero-order chi connectivity index (χ0) is 25.8. The van der Waals surface area contributed by atoms with Crippen LogP contribution in [0.25, 0.3) is 21.7 Å². The summed E-state index contributed by atoms with van der Waals surface area (Å²) < 4.78 is 5.76. The van der Waals surface area contributed by atoms with Gasteiger partial charge in [-0.2, -0.15) is 0 Å². The maximum atomic E-state index is 12.2. The Bertz CT molecular complexity index is 1610. The third-order valence-corrected chi connectivity index (χ3v) is 6.25.